The van der Waals surface area contributed by atoms with E-state index in [1.807, 2.05) is 0 Å². The predicted octanol–water partition coefficient (Wildman–Crippen LogP) is 5.52. The van der Waals surface area contributed by atoms with Crippen LogP contribution >= 0.6 is 0 Å². The summed E-state index contributed by atoms with van der Waals surface area (Å²) in [5.74, 6) is 1.82. The highest BCUT2D eigenvalue weighted by Gasteiger charge is 2.52. The van der Waals surface area contributed by atoms with Crippen LogP contribution in [-0.4, -0.2) is 30.7 Å². The van der Waals surface area contributed by atoms with Gasteiger partial charge in [0.15, 0.2) is 6.29 Å². The molecule has 0 aromatic heterocycles. The van der Waals surface area contributed by atoms with Crippen molar-refractivity contribution < 1.29 is 14.2 Å². The van der Waals surface area contributed by atoms with Crippen LogP contribution in [0.5, 0.6) is 0 Å². The Morgan fingerprint density at radius 3 is 1.80 bits per heavy atom. The Bertz CT molecular complexity index is 456. The molecule has 0 radical (unpaired) electrons. The van der Waals surface area contributed by atoms with E-state index >= 15 is 0 Å². The van der Waals surface area contributed by atoms with E-state index in [1.165, 1.54) is 0 Å². The molecule has 0 amide bonds. The van der Waals surface area contributed by atoms with Crippen molar-refractivity contribution >= 4 is 0 Å². The van der Waals surface area contributed by atoms with E-state index in [1.54, 1.807) is 0 Å². The van der Waals surface area contributed by atoms with Crippen molar-refractivity contribution in [2.24, 2.45) is 34.5 Å². The van der Waals surface area contributed by atoms with E-state index in [2.05, 4.69) is 76.2 Å². The SMILES string of the molecule is CC(C)[C@@H]1OC(C)[C@@H](O[C@@H]2OC(C)[C@H](C)C(C)(C)C2C)C(C)(C)C1C. The summed E-state index contributed by atoms with van der Waals surface area (Å²) >= 11 is 0. The Balaban J connectivity index is 2.21. The summed E-state index contributed by atoms with van der Waals surface area (Å²) < 4.78 is 19.4. The molecule has 0 aliphatic carbocycles. The van der Waals surface area contributed by atoms with Crippen molar-refractivity contribution in [1.82, 2.24) is 0 Å². The lowest BCUT2D eigenvalue weighted by molar-refractivity contribution is -0.322. The van der Waals surface area contributed by atoms with Gasteiger partial charge in [0.2, 0.25) is 0 Å². The van der Waals surface area contributed by atoms with Crippen molar-refractivity contribution in [3.63, 3.8) is 0 Å². The van der Waals surface area contributed by atoms with E-state index in [-0.39, 0.29) is 41.5 Å². The van der Waals surface area contributed by atoms with E-state index in [0.29, 0.717) is 23.7 Å². The standard InChI is InChI=1S/C22H42O3/c1-12(2)18-14(4)22(10,11)19(17(7)23-18)25-20-15(5)21(8,9)13(3)16(6)24-20/h12-20H,1-11H3/t13-,14?,15?,16?,17?,18-,19+,20-/m0/s1. The summed E-state index contributed by atoms with van der Waals surface area (Å²) in [4.78, 5) is 0. The molecule has 2 fully saturated rings. The molecule has 0 aromatic carbocycles. The Morgan fingerprint density at radius 1 is 0.720 bits per heavy atom. The van der Waals surface area contributed by atoms with E-state index < -0.39 is 0 Å². The van der Waals surface area contributed by atoms with Crippen LogP contribution in [-0.2, 0) is 14.2 Å². The maximum Gasteiger partial charge on any atom is 0.161 e. The molecule has 148 valence electrons. The zero-order valence-electron chi connectivity index (χ0n) is 18.4. The van der Waals surface area contributed by atoms with Gasteiger partial charge in [0.05, 0.1) is 24.4 Å². The molecule has 8 atom stereocenters. The van der Waals surface area contributed by atoms with Gasteiger partial charge >= 0.3 is 0 Å². The molecular formula is C22H42O3. The zero-order chi connectivity index (χ0) is 19.3. The molecule has 25 heavy (non-hydrogen) atoms. The van der Waals surface area contributed by atoms with Crippen LogP contribution in [0.3, 0.4) is 0 Å². The summed E-state index contributed by atoms with van der Waals surface area (Å²) in [6.07, 6.45) is 0.442. The van der Waals surface area contributed by atoms with Gasteiger partial charge in [0.1, 0.15) is 0 Å². The van der Waals surface area contributed by atoms with Gasteiger partial charge in [-0.25, -0.2) is 0 Å². The summed E-state index contributed by atoms with van der Waals surface area (Å²) in [5.41, 5.74) is 0.240. The average molecular weight is 355 g/mol. The van der Waals surface area contributed by atoms with Gasteiger partial charge in [-0.2, -0.15) is 0 Å². The molecule has 2 aliphatic heterocycles. The van der Waals surface area contributed by atoms with Crippen LogP contribution in [0.2, 0.25) is 0 Å². The van der Waals surface area contributed by atoms with Crippen molar-refractivity contribution in [2.45, 2.75) is 107 Å². The molecule has 3 heteroatoms. The quantitative estimate of drug-likeness (QED) is 0.668. The molecule has 0 aromatic rings. The van der Waals surface area contributed by atoms with Crippen LogP contribution in [0.1, 0.15) is 76.2 Å². The second kappa shape index (κ2) is 7.13. The minimum absolute atomic E-state index is 0.0429. The molecule has 2 heterocycles. The van der Waals surface area contributed by atoms with Gasteiger partial charge in [0.25, 0.3) is 0 Å². The highest BCUT2D eigenvalue weighted by atomic mass is 16.7. The van der Waals surface area contributed by atoms with Crippen LogP contribution in [0.4, 0.5) is 0 Å². The normalized spacial score (nSPS) is 47.0. The number of hydrogen-bond donors (Lipinski definition) is 0. The maximum absolute atomic E-state index is 6.68. The minimum Gasteiger partial charge on any atom is -0.372 e. The monoisotopic (exact) mass is 354 g/mol. The van der Waals surface area contributed by atoms with E-state index in [9.17, 15) is 0 Å². The van der Waals surface area contributed by atoms with Gasteiger partial charge in [0, 0.05) is 5.92 Å². The van der Waals surface area contributed by atoms with Crippen LogP contribution < -0.4 is 0 Å². The fourth-order valence-corrected chi connectivity index (χ4v) is 4.86. The zero-order valence-corrected chi connectivity index (χ0v) is 18.4. The third kappa shape index (κ3) is 3.66. The fourth-order valence-electron chi connectivity index (χ4n) is 4.86. The van der Waals surface area contributed by atoms with E-state index in [4.69, 9.17) is 14.2 Å². The second-order valence-electron chi connectivity index (χ2n) is 10.3. The van der Waals surface area contributed by atoms with E-state index in [0.717, 1.165) is 0 Å². The fraction of sp³-hybridized carbons (Fsp3) is 1.00. The third-order valence-electron chi connectivity index (χ3n) is 7.94. The Kier molecular flexibility index (Phi) is 6.04. The molecular weight excluding hydrogens is 312 g/mol. The summed E-state index contributed by atoms with van der Waals surface area (Å²) in [6.45, 7) is 25.1. The topological polar surface area (TPSA) is 27.7 Å². The molecule has 3 nitrogen and oxygen atoms in total. The smallest absolute Gasteiger partial charge is 0.161 e. The highest BCUT2D eigenvalue weighted by Crippen LogP contribution is 2.49. The van der Waals surface area contributed by atoms with Crippen molar-refractivity contribution in [3.8, 4) is 0 Å². The number of ether oxygens (including phenoxy) is 3. The summed E-state index contributed by atoms with van der Waals surface area (Å²) in [5, 5.41) is 0. The highest BCUT2D eigenvalue weighted by molar-refractivity contribution is 4.98. The number of hydrogen-bond acceptors (Lipinski definition) is 3. The summed E-state index contributed by atoms with van der Waals surface area (Å²) in [7, 11) is 0. The lowest BCUT2D eigenvalue weighted by Crippen LogP contribution is -2.59. The predicted molar refractivity (Wildman–Crippen MR) is 103 cm³/mol. The average Bonchev–Trinajstić information content (AvgIpc) is 2.50. The Morgan fingerprint density at radius 2 is 1.28 bits per heavy atom. The van der Waals surface area contributed by atoms with Gasteiger partial charge in [-0.15, -0.1) is 0 Å². The second-order valence-corrected chi connectivity index (χ2v) is 10.3. The van der Waals surface area contributed by atoms with Crippen molar-refractivity contribution in [3.05, 3.63) is 0 Å². The Hall–Kier alpha value is -0.120. The lowest BCUT2D eigenvalue weighted by Gasteiger charge is -2.55. The minimum atomic E-state index is -0.167. The molecule has 0 N–H and O–H groups in total. The van der Waals surface area contributed by atoms with Gasteiger partial charge < -0.3 is 14.2 Å². The third-order valence-corrected chi connectivity index (χ3v) is 7.94. The van der Waals surface area contributed by atoms with Crippen LogP contribution in [0, 0.1) is 34.5 Å². The lowest BCUT2D eigenvalue weighted by atomic mass is 9.66. The van der Waals surface area contributed by atoms with Crippen molar-refractivity contribution in [1.29, 1.82) is 0 Å². The molecule has 0 bridgehead atoms. The summed E-state index contributed by atoms with van der Waals surface area (Å²) in [6, 6.07) is 0. The van der Waals surface area contributed by atoms with Crippen LogP contribution in [0.15, 0.2) is 0 Å². The first-order chi connectivity index (χ1) is 11.3. The first-order valence-corrected chi connectivity index (χ1v) is 10.3. The first-order valence-electron chi connectivity index (χ1n) is 10.3. The molecule has 2 aliphatic rings. The molecule has 2 saturated heterocycles. The van der Waals surface area contributed by atoms with Gasteiger partial charge in [-0.1, -0.05) is 62.3 Å². The maximum atomic E-state index is 6.68. The largest absolute Gasteiger partial charge is 0.372 e. The molecule has 4 unspecified atom stereocenters. The molecule has 0 spiro atoms. The van der Waals surface area contributed by atoms with Crippen LogP contribution in [0.25, 0.3) is 0 Å². The molecule has 0 saturated carbocycles. The Labute approximate surface area is 156 Å². The first kappa shape index (κ1) is 21.2. The van der Waals surface area contributed by atoms with Crippen molar-refractivity contribution in [2.75, 3.05) is 0 Å². The van der Waals surface area contributed by atoms with Gasteiger partial charge in [-0.05, 0) is 42.4 Å². The number of rotatable bonds is 3. The molecule has 2 rings (SSSR count). The van der Waals surface area contributed by atoms with Gasteiger partial charge in [-0.3, -0.25) is 0 Å².